The lowest BCUT2D eigenvalue weighted by Gasteiger charge is -2.42. The molecule has 132 valence electrons. The SMILES string of the molecule is CC(=O)Nc1cccc(S(=O)(=O)NC2(c3ccc(F)cc3)CCC2)c1. The van der Waals surface area contributed by atoms with Crippen LogP contribution in [0.3, 0.4) is 0 Å². The highest BCUT2D eigenvalue weighted by molar-refractivity contribution is 7.89. The van der Waals surface area contributed by atoms with Gasteiger partial charge in [0.25, 0.3) is 0 Å². The van der Waals surface area contributed by atoms with Gasteiger partial charge in [0, 0.05) is 12.6 Å². The minimum absolute atomic E-state index is 0.0761. The van der Waals surface area contributed by atoms with Crippen molar-refractivity contribution in [2.45, 2.75) is 36.6 Å². The van der Waals surface area contributed by atoms with E-state index in [0.29, 0.717) is 18.5 Å². The third-order valence-corrected chi connectivity index (χ3v) is 5.93. The Kier molecular flexibility index (Phi) is 4.62. The van der Waals surface area contributed by atoms with Crippen LogP contribution in [0.25, 0.3) is 0 Å². The minimum Gasteiger partial charge on any atom is -0.326 e. The second-order valence-electron chi connectivity index (χ2n) is 6.26. The summed E-state index contributed by atoms with van der Waals surface area (Å²) in [7, 11) is -3.79. The highest BCUT2D eigenvalue weighted by atomic mass is 32.2. The summed E-state index contributed by atoms with van der Waals surface area (Å²) in [6, 6.07) is 12.0. The molecule has 1 aliphatic carbocycles. The Bertz CT molecular complexity index is 891. The summed E-state index contributed by atoms with van der Waals surface area (Å²) >= 11 is 0. The first-order valence-electron chi connectivity index (χ1n) is 7.98. The van der Waals surface area contributed by atoms with Crippen molar-refractivity contribution >= 4 is 21.6 Å². The number of amides is 1. The number of carbonyl (C=O) groups excluding carboxylic acids is 1. The van der Waals surface area contributed by atoms with E-state index < -0.39 is 15.6 Å². The Morgan fingerprint density at radius 3 is 2.36 bits per heavy atom. The Balaban J connectivity index is 1.90. The third-order valence-electron chi connectivity index (χ3n) is 4.40. The fraction of sp³-hybridized carbons (Fsp3) is 0.278. The number of anilines is 1. The molecule has 0 unspecified atom stereocenters. The lowest BCUT2D eigenvalue weighted by molar-refractivity contribution is -0.114. The predicted molar refractivity (Wildman–Crippen MR) is 93.0 cm³/mol. The molecule has 1 saturated carbocycles. The molecule has 0 radical (unpaired) electrons. The van der Waals surface area contributed by atoms with Crippen LogP contribution in [-0.4, -0.2) is 14.3 Å². The van der Waals surface area contributed by atoms with Gasteiger partial charge in [-0.25, -0.2) is 17.5 Å². The van der Waals surface area contributed by atoms with Crippen molar-refractivity contribution in [2.75, 3.05) is 5.32 Å². The number of sulfonamides is 1. The Morgan fingerprint density at radius 2 is 1.80 bits per heavy atom. The van der Waals surface area contributed by atoms with Gasteiger partial charge >= 0.3 is 0 Å². The van der Waals surface area contributed by atoms with Crippen molar-refractivity contribution in [3.8, 4) is 0 Å². The smallest absolute Gasteiger partial charge is 0.241 e. The summed E-state index contributed by atoms with van der Waals surface area (Å²) in [5.41, 5.74) is 0.456. The molecule has 0 aliphatic heterocycles. The number of benzene rings is 2. The molecule has 2 aromatic rings. The Morgan fingerprint density at radius 1 is 1.12 bits per heavy atom. The van der Waals surface area contributed by atoms with Gasteiger partial charge < -0.3 is 5.32 Å². The van der Waals surface area contributed by atoms with Crippen molar-refractivity contribution in [3.63, 3.8) is 0 Å². The molecule has 0 bridgehead atoms. The van der Waals surface area contributed by atoms with Crippen LogP contribution in [0.1, 0.15) is 31.7 Å². The van der Waals surface area contributed by atoms with Gasteiger partial charge in [0.15, 0.2) is 0 Å². The first-order chi connectivity index (χ1) is 11.8. The van der Waals surface area contributed by atoms with Gasteiger partial charge in [-0.05, 0) is 55.2 Å². The van der Waals surface area contributed by atoms with E-state index in [1.807, 2.05) is 0 Å². The first-order valence-corrected chi connectivity index (χ1v) is 9.47. The number of hydrogen-bond acceptors (Lipinski definition) is 3. The summed E-state index contributed by atoms with van der Waals surface area (Å²) in [6.07, 6.45) is 2.21. The highest BCUT2D eigenvalue weighted by Gasteiger charge is 2.42. The van der Waals surface area contributed by atoms with Gasteiger partial charge in [0.05, 0.1) is 10.4 Å². The van der Waals surface area contributed by atoms with Crippen LogP contribution in [-0.2, 0) is 20.4 Å². The summed E-state index contributed by atoms with van der Waals surface area (Å²) in [5.74, 6) is -0.631. The molecule has 0 atom stereocenters. The van der Waals surface area contributed by atoms with E-state index in [-0.39, 0.29) is 16.6 Å². The van der Waals surface area contributed by atoms with Crippen molar-refractivity contribution in [1.82, 2.24) is 4.72 Å². The molecule has 5 nitrogen and oxygen atoms in total. The van der Waals surface area contributed by atoms with Crippen LogP contribution in [0.15, 0.2) is 53.4 Å². The monoisotopic (exact) mass is 362 g/mol. The van der Waals surface area contributed by atoms with Crippen LogP contribution >= 0.6 is 0 Å². The molecule has 1 amide bonds. The zero-order valence-electron chi connectivity index (χ0n) is 13.8. The van der Waals surface area contributed by atoms with Gasteiger partial charge in [-0.3, -0.25) is 4.79 Å². The number of carbonyl (C=O) groups is 1. The molecule has 7 heteroatoms. The minimum atomic E-state index is -3.79. The molecule has 3 rings (SSSR count). The largest absolute Gasteiger partial charge is 0.326 e. The van der Waals surface area contributed by atoms with E-state index >= 15 is 0 Å². The van der Waals surface area contributed by atoms with Gasteiger partial charge in [-0.1, -0.05) is 18.2 Å². The van der Waals surface area contributed by atoms with Crippen LogP contribution in [0.5, 0.6) is 0 Å². The Hall–Kier alpha value is -2.25. The van der Waals surface area contributed by atoms with Gasteiger partial charge in [-0.2, -0.15) is 0 Å². The fourth-order valence-electron chi connectivity index (χ4n) is 3.01. The van der Waals surface area contributed by atoms with Crippen LogP contribution in [0.4, 0.5) is 10.1 Å². The molecule has 1 aliphatic rings. The summed E-state index contributed by atoms with van der Waals surface area (Å²) < 4.78 is 41.6. The van der Waals surface area contributed by atoms with E-state index in [4.69, 9.17) is 0 Å². The van der Waals surface area contributed by atoms with Gasteiger partial charge in [0.1, 0.15) is 5.82 Å². The second kappa shape index (κ2) is 6.57. The van der Waals surface area contributed by atoms with Crippen molar-refractivity contribution < 1.29 is 17.6 Å². The number of halogens is 1. The average Bonchev–Trinajstić information content (AvgIpc) is 2.51. The molecule has 25 heavy (non-hydrogen) atoms. The van der Waals surface area contributed by atoms with Crippen molar-refractivity contribution in [2.24, 2.45) is 0 Å². The van der Waals surface area contributed by atoms with Gasteiger partial charge in [-0.15, -0.1) is 0 Å². The quantitative estimate of drug-likeness (QED) is 0.858. The van der Waals surface area contributed by atoms with Crippen LogP contribution in [0.2, 0.25) is 0 Å². The number of nitrogens with one attached hydrogen (secondary N) is 2. The molecule has 0 aromatic heterocycles. The van der Waals surface area contributed by atoms with Crippen molar-refractivity contribution in [1.29, 1.82) is 0 Å². The van der Waals surface area contributed by atoms with E-state index in [2.05, 4.69) is 10.0 Å². The molecular formula is C18H19FN2O3S. The maximum absolute atomic E-state index is 13.2. The molecule has 0 spiro atoms. The van der Waals surface area contributed by atoms with Crippen LogP contribution in [0, 0.1) is 5.82 Å². The summed E-state index contributed by atoms with van der Waals surface area (Å²) in [5, 5.41) is 2.57. The standard InChI is InChI=1S/C18H19FN2O3S/c1-13(22)20-16-4-2-5-17(12-16)25(23,24)21-18(10-3-11-18)14-6-8-15(19)9-7-14/h2,4-9,12,21H,3,10-11H2,1H3,(H,20,22). The lowest BCUT2D eigenvalue weighted by Crippen LogP contribution is -2.50. The maximum Gasteiger partial charge on any atom is 0.241 e. The third kappa shape index (κ3) is 3.72. The average molecular weight is 362 g/mol. The van der Waals surface area contributed by atoms with Crippen molar-refractivity contribution in [3.05, 3.63) is 59.9 Å². The van der Waals surface area contributed by atoms with E-state index in [0.717, 1.165) is 12.0 Å². The van der Waals surface area contributed by atoms with E-state index in [1.54, 1.807) is 24.3 Å². The molecule has 0 saturated heterocycles. The topological polar surface area (TPSA) is 75.3 Å². The summed E-state index contributed by atoms with van der Waals surface area (Å²) in [6.45, 7) is 1.36. The first kappa shape index (κ1) is 17.6. The fourth-order valence-corrected chi connectivity index (χ4v) is 4.50. The zero-order valence-corrected chi connectivity index (χ0v) is 14.6. The number of rotatable bonds is 5. The molecule has 1 fully saturated rings. The zero-order chi connectivity index (χ0) is 18.1. The normalized spacial score (nSPS) is 16.1. The Labute approximate surface area is 146 Å². The maximum atomic E-state index is 13.2. The molecule has 2 aromatic carbocycles. The lowest BCUT2D eigenvalue weighted by atomic mass is 9.73. The summed E-state index contributed by atoms with van der Waals surface area (Å²) in [4.78, 5) is 11.2. The van der Waals surface area contributed by atoms with E-state index in [9.17, 15) is 17.6 Å². The molecular weight excluding hydrogens is 343 g/mol. The predicted octanol–water partition coefficient (Wildman–Crippen LogP) is 3.14. The molecule has 0 heterocycles. The molecule has 2 N–H and O–H groups in total. The van der Waals surface area contributed by atoms with E-state index in [1.165, 1.54) is 31.2 Å². The number of hydrogen-bond donors (Lipinski definition) is 2. The second-order valence-corrected chi connectivity index (χ2v) is 7.94. The van der Waals surface area contributed by atoms with Gasteiger partial charge in [0.2, 0.25) is 15.9 Å². The van der Waals surface area contributed by atoms with Crippen LogP contribution < -0.4 is 10.0 Å². The highest BCUT2D eigenvalue weighted by Crippen LogP contribution is 2.42.